The molecule has 8 aromatic carbocycles. The third kappa shape index (κ3) is 17.0. The third-order valence-corrected chi connectivity index (χ3v) is 16.9. The van der Waals surface area contributed by atoms with Crippen LogP contribution < -0.4 is 0 Å². The quantitative estimate of drug-likeness (QED) is 0.0186. The first-order chi connectivity index (χ1) is 45.2. The van der Waals surface area contributed by atoms with Gasteiger partial charge in [0, 0.05) is 4.91 Å². The molecular weight excluding hydrogens is 1170 g/mol. The highest BCUT2D eigenvalue weighted by molar-refractivity contribution is 5.23. The molecular formula is C74H79N3O15. The van der Waals surface area contributed by atoms with Crippen molar-refractivity contribution in [1.82, 2.24) is 0 Å². The van der Waals surface area contributed by atoms with Gasteiger partial charge in [0.2, 0.25) is 0 Å². The monoisotopic (exact) mass is 1250 g/mol. The molecule has 3 saturated heterocycles. The van der Waals surface area contributed by atoms with Gasteiger partial charge in [-0.15, -0.1) is 0 Å². The summed E-state index contributed by atoms with van der Waals surface area (Å²) in [6, 6.07) is 74.2. The molecule has 3 aliphatic heterocycles. The number of aliphatic hydroxyl groups excluding tert-OH is 3. The number of hydrogen-bond acceptors (Lipinski definition) is 16. The summed E-state index contributed by atoms with van der Waals surface area (Å²) in [6.45, 7) is 0.299. The first-order valence-corrected chi connectivity index (χ1v) is 31.2. The second-order valence-electron chi connectivity index (χ2n) is 23.3. The molecule has 0 spiro atoms. The summed E-state index contributed by atoms with van der Waals surface area (Å²) in [4.78, 5) is 3.10. The Morgan fingerprint density at radius 3 is 1.02 bits per heavy atom. The van der Waals surface area contributed by atoms with E-state index < -0.39 is 97.3 Å². The molecule has 3 heterocycles. The van der Waals surface area contributed by atoms with E-state index in [1.165, 1.54) is 0 Å². The molecule has 18 nitrogen and oxygen atoms in total. The van der Waals surface area contributed by atoms with Crippen molar-refractivity contribution in [2.45, 2.75) is 150 Å². The summed E-state index contributed by atoms with van der Waals surface area (Å²) in [5, 5.41) is 57.7. The number of azide groups is 1. The molecule has 3 fully saturated rings. The predicted octanol–water partition coefficient (Wildman–Crippen LogP) is 10.3. The van der Waals surface area contributed by atoms with Crippen molar-refractivity contribution in [2.75, 3.05) is 13.2 Å². The van der Waals surface area contributed by atoms with Crippen molar-refractivity contribution in [3.8, 4) is 0 Å². The average molecular weight is 1250 g/mol. The minimum Gasteiger partial charge on any atom is -0.387 e. The van der Waals surface area contributed by atoms with E-state index in [1.54, 1.807) is 0 Å². The molecule has 0 saturated carbocycles. The summed E-state index contributed by atoms with van der Waals surface area (Å²) in [6.07, 6.45) is -20.7. The molecule has 0 amide bonds. The van der Waals surface area contributed by atoms with Crippen LogP contribution >= 0.6 is 0 Å². The maximum atomic E-state index is 14.2. The number of aliphatic hydroxyl groups is 4. The fourth-order valence-electron chi connectivity index (χ4n) is 12.2. The molecule has 0 radical (unpaired) electrons. The lowest BCUT2D eigenvalue weighted by Crippen LogP contribution is -2.79. The van der Waals surface area contributed by atoms with Gasteiger partial charge in [0.15, 0.2) is 6.29 Å². The van der Waals surface area contributed by atoms with E-state index in [1.807, 2.05) is 243 Å². The van der Waals surface area contributed by atoms with E-state index in [0.29, 0.717) is 0 Å². The van der Waals surface area contributed by atoms with E-state index in [0.717, 1.165) is 44.5 Å². The zero-order chi connectivity index (χ0) is 63.3. The highest BCUT2D eigenvalue weighted by Gasteiger charge is 2.67. The van der Waals surface area contributed by atoms with Crippen molar-refractivity contribution in [1.29, 1.82) is 0 Å². The summed E-state index contributed by atoms with van der Waals surface area (Å²) in [5.74, 6) is 0. The van der Waals surface area contributed by atoms with Crippen molar-refractivity contribution < 1.29 is 72.5 Å². The molecule has 1 unspecified atom stereocenters. The molecule has 0 aliphatic carbocycles. The van der Waals surface area contributed by atoms with E-state index in [4.69, 9.17) is 52.1 Å². The normalized spacial score (nSPS) is 27.6. The topological polar surface area (TPSA) is 231 Å². The lowest BCUT2D eigenvalue weighted by molar-refractivity contribution is -0.364. The highest BCUT2D eigenvalue weighted by Crippen LogP contribution is 2.45. The molecule has 0 bridgehead atoms. The van der Waals surface area contributed by atoms with Crippen LogP contribution in [0.5, 0.6) is 0 Å². The summed E-state index contributed by atoms with van der Waals surface area (Å²) in [5.41, 5.74) is 14.1. The van der Waals surface area contributed by atoms with Crippen LogP contribution in [0.15, 0.2) is 248 Å². The van der Waals surface area contributed by atoms with Crippen LogP contribution in [0.25, 0.3) is 10.4 Å². The van der Waals surface area contributed by atoms with Crippen LogP contribution in [0, 0.1) is 0 Å². The third-order valence-electron chi connectivity index (χ3n) is 16.9. The van der Waals surface area contributed by atoms with Crippen molar-refractivity contribution in [2.24, 2.45) is 5.11 Å². The Bertz CT molecular complexity index is 3450. The Morgan fingerprint density at radius 1 is 0.380 bits per heavy atom. The van der Waals surface area contributed by atoms with E-state index in [2.05, 4.69) is 10.0 Å². The number of rotatable bonds is 30. The Balaban J connectivity index is 1.01. The lowest BCUT2D eigenvalue weighted by atomic mass is 9.72. The van der Waals surface area contributed by atoms with Crippen LogP contribution in [0.4, 0.5) is 0 Å². The van der Waals surface area contributed by atoms with Crippen LogP contribution in [0.3, 0.4) is 0 Å². The SMILES string of the molecule is [N-]=[N+]=N[C@H]1[C@H](O)O[C@H](C(O)[C@@H]2O[C@H](COCc3ccccc3)[C@H](OCc3ccccc3)[C@H](OCc3ccccc3)[C@H]2OCc2ccccc2)[C@@H](O)[C@@]1(O)[C@@H]1O[C@H](COCc2ccccc2)[C@H](OCc2ccccc2)[C@H](OCc2ccccc2)[C@H]1OCc1ccccc1. The van der Waals surface area contributed by atoms with Gasteiger partial charge in [-0.2, -0.15) is 0 Å². The van der Waals surface area contributed by atoms with Crippen LogP contribution in [0.1, 0.15) is 44.5 Å². The minimum absolute atomic E-state index is 0.00851. The molecule has 8 aromatic rings. The van der Waals surface area contributed by atoms with Gasteiger partial charge in [-0.1, -0.05) is 248 Å². The van der Waals surface area contributed by atoms with Crippen LogP contribution in [-0.4, -0.2) is 131 Å². The molecule has 11 rings (SSSR count). The Hall–Kier alpha value is -7.53. The Labute approximate surface area is 536 Å². The van der Waals surface area contributed by atoms with E-state index >= 15 is 0 Å². The highest BCUT2D eigenvalue weighted by atomic mass is 16.7. The van der Waals surface area contributed by atoms with Gasteiger partial charge in [0.05, 0.1) is 66.1 Å². The minimum atomic E-state index is -2.91. The molecule has 3 aliphatic rings. The summed E-state index contributed by atoms with van der Waals surface area (Å²) >= 11 is 0. The molecule has 0 aromatic heterocycles. The van der Waals surface area contributed by atoms with E-state index in [-0.39, 0.29) is 66.1 Å². The zero-order valence-corrected chi connectivity index (χ0v) is 50.9. The number of benzene rings is 8. The number of hydrogen-bond donors (Lipinski definition) is 4. The van der Waals surface area contributed by atoms with E-state index in [9.17, 15) is 26.0 Å². The van der Waals surface area contributed by atoms with Gasteiger partial charge >= 0.3 is 0 Å². The predicted molar refractivity (Wildman–Crippen MR) is 340 cm³/mol. The molecule has 92 heavy (non-hydrogen) atoms. The maximum absolute atomic E-state index is 14.2. The first kappa shape index (κ1) is 65.9. The fraction of sp³-hybridized carbons (Fsp3) is 0.351. The molecule has 480 valence electrons. The van der Waals surface area contributed by atoms with Gasteiger partial charge in [-0.3, -0.25) is 0 Å². The van der Waals surface area contributed by atoms with Gasteiger partial charge in [0.25, 0.3) is 0 Å². The Kier molecular flexibility index (Phi) is 23.9. The molecule has 4 N–H and O–H groups in total. The molecule has 18 heteroatoms. The second kappa shape index (κ2) is 33.4. The second-order valence-corrected chi connectivity index (χ2v) is 23.3. The van der Waals surface area contributed by atoms with Crippen LogP contribution in [-0.2, 0) is 105 Å². The largest absolute Gasteiger partial charge is 0.387 e. The van der Waals surface area contributed by atoms with Gasteiger partial charge in [0.1, 0.15) is 91.0 Å². The Morgan fingerprint density at radius 2 is 0.674 bits per heavy atom. The summed E-state index contributed by atoms with van der Waals surface area (Å²) in [7, 11) is 0. The van der Waals surface area contributed by atoms with Crippen LogP contribution in [0.2, 0.25) is 0 Å². The fourth-order valence-corrected chi connectivity index (χ4v) is 12.2. The van der Waals surface area contributed by atoms with Gasteiger partial charge < -0.3 is 72.5 Å². The number of nitrogens with zero attached hydrogens (tertiary/aromatic N) is 3. The van der Waals surface area contributed by atoms with Crippen molar-refractivity contribution >= 4 is 0 Å². The standard InChI is InChI=1S/C74H79N3O15/c75-77-76-70-73(80)92-65(61(78)64-68(88-47-57-37-21-7-22-38-57)66(86-45-55-33-17-5-18-34-55)62(84-43-53-29-13-3-14-30-53)59(90-64)49-82-41-51-25-9-1-10-26-51)71(79)74(70,81)72-69(89-48-58-39-23-8-24-40-58)67(87-46-56-35-19-6-20-36-56)63(85-44-54-31-15-4-16-32-54)60(91-72)50-83-42-52-27-11-2-12-28-52/h1-40,59-73,78-81H,41-50H2/t59-,60-,61?,62+,63+,64+,65-,66+,67+,68+,69-,70+,71-,72-,73-,74-/m1/s1. The summed E-state index contributed by atoms with van der Waals surface area (Å²) < 4.78 is 75.4. The number of ether oxygens (including phenoxy) is 11. The zero-order valence-electron chi connectivity index (χ0n) is 50.9. The molecule has 16 atom stereocenters. The maximum Gasteiger partial charge on any atom is 0.166 e. The smallest absolute Gasteiger partial charge is 0.166 e. The lowest BCUT2D eigenvalue weighted by Gasteiger charge is -2.57. The van der Waals surface area contributed by atoms with Gasteiger partial charge in [-0.25, -0.2) is 0 Å². The van der Waals surface area contributed by atoms with Gasteiger partial charge in [-0.05, 0) is 50.0 Å². The first-order valence-electron chi connectivity index (χ1n) is 31.2. The average Bonchev–Trinajstić information content (AvgIpc) is 0.730. The van der Waals surface area contributed by atoms with Crippen molar-refractivity contribution in [3.05, 3.63) is 298 Å². The van der Waals surface area contributed by atoms with Crippen molar-refractivity contribution in [3.63, 3.8) is 0 Å².